The smallest absolute Gasteiger partial charge is 0.315 e. The summed E-state index contributed by atoms with van der Waals surface area (Å²) in [5, 5.41) is 7.33. The molecule has 158 valence electrons. The van der Waals surface area contributed by atoms with Gasteiger partial charge in [0.2, 0.25) is 0 Å². The number of nitrogens with one attached hydrogen (secondary N) is 3. The highest BCUT2D eigenvalue weighted by atomic mass is 31.1. The second kappa shape index (κ2) is 16.4. The standard InChI is InChI=1S/C17H37N6O3P/c1-2-3-4-5-6-7-8-9-10-11-12-27-14(23-17(20)26)13(21-15(18)24)22-16(19)25/h13-14,27H,2-12H2,1H3,(H3,18,21,24)(H3,19,22,25)(H3,20,23,26)/p+1. The second-order valence-corrected chi connectivity index (χ2v) is 8.50. The second-order valence-electron chi connectivity index (χ2n) is 6.74. The first-order valence-corrected chi connectivity index (χ1v) is 11.4. The fourth-order valence-corrected chi connectivity index (χ4v) is 4.52. The molecule has 0 bridgehead atoms. The number of amides is 6. The molecule has 0 rings (SSSR count). The average Bonchev–Trinajstić information content (AvgIpc) is 2.57. The minimum atomic E-state index is -0.870. The van der Waals surface area contributed by atoms with Crippen molar-refractivity contribution in [2.24, 2.45) is 17.2 Å². The van der Waals surface area contributed by atoms with E-state index >= 15 is 0 Å². The summed E-state index contributed by atoms with van der Waals surface area (Å²) >= 11 is 0. The molecular formula is C17H38N6O3P+. The zero-order valence-corrected chi connectivity index (χ0v) is 17.6. The molecule has 2 atom stereocenters. The van der Waals surface area contributed by atoms with Gasteiger partial charge in [-0.15, -0.1) is 0 Å². The first-order chi connectivity index (χ1) is 12.9. The van der Waals surface area contributed by atoms with Crippen LogP contribution >= 0.6 is 8.58 Å². The maximum atomic E-state index is 11.2. The molecule has 0 heterocycles. The summed E-state index contributed by atoms with van der Waals surface area (Å²) in [6, 6.07) is -2.36. The normalized spacial score (nSPS) is 12.2. The summed E-state index contributed by atoms with van der Waals surface area (Å²) in [6.45, 7) is 2.22. The Balaban J connectivity index is 4.10. The minimum Gasteiger partial charge on any atom is -0.352 e. The van der Waals surface area contributed by atoms with Crippen LogP contribution in [-0.4, -0.2) is 36.2 Å². The number of nitrogens with two attached hydrogens (primary N) is 3. The lowest BCUT2D eigenvalue weighted by Gasteiger charge is -2.24. The molecule has 0 aliphatic heterocycles. The lowest BCUT2D eigenvalue weighted by atomic mass is 10.1. The molecule has 0 saturated heterocycles. The molecule has 0 aliphatic carbocycles. The fourth-order valence-electron chi connectivity index (χ4n) is 2.89. The maximum absolute atomic E-state index is 11.2. The molecule has 27 heavy (non-hydrogen) atoms. The lowest BCUT2D eigenvalue weighted by Crippen LogP contribution is -2.60. The van der Waals surface area contributed by atoms with Gasteiger partial charge in [-0.05, 0) is 12.8 Å². The third-order valence-electron chi connectivity index (χ3n) is 4.24. The van der Waals surface area contributed by atoms with Gasteiger partial charge in [0.05, 0.1) is 6.16 Å². The average molecular weight is 406 g/mol. The minimum absolute atomic E-state index is 0.301. The Morgan fingerprint density at radius 2 is 1.11 bits per heavy atom. The van der Waals surface area contributed by atoms with Crippen molar-refractivity contribution < 1.29 is 14.4 Å². The van der Waals surface area contributed by atoms with Crippen LogP contribution in [0.4, 0.5) is 14.4 Å². The fraction of sp³-hybridized carbons (Fsp3) is 0.824. The molecule has 0 aromatic carbocycles. The van der Waals surface area contributed by atoms with Crippen LogP contribution < -0.4 is 33.2 Å². The highest BCUT2D eigenvalue weighted by Gasteiger charge is 2.29. The first kappa shape index (κ1) is 25.2. The van der Waals surface area contributed by atoms with Crippen LogP contribution in [0.2, 0.25) is 0 Å². The predicted octanol–water partition coefficient (Wildman–Crippen LogP) is 1.98. The molecule has 0 aromatic rings. The summed E-state index contributed by atoms with van der Waals surface area (Å²) in [6.07, 6.45) is 12.5. The number of carbonyl (C=O) groups excluding carboxylic acids is 3. The van der Waals surface area contributed by atoms with E-state index in [4.69, 9.17) is 17.2 Å². The van der Waals surface area contributed by atoms with Gasteiger partial charge in [-0.25, -0.2) is 14.4 Å². The van der Waals surface area contributed by atoms with E-state index in [2.05, 4.69) is 22.9 Å². The molecule has 0 aromatic heterocycles. The van der Waals surface area contributed by atoms with E-state index < -0.39 is 30.0 Å². The molecule has 6 amide bonds. The van der Waals surface area contributed by atoms with Gasteiger partial charge in [0.1, 0.15) is 0 Å². The Hall–Kier alpha value is -1.76. The van der Waals surface area contributed by atoms with Gasteiger partial charge in [0, 0.05) is 8.58 Å². The molecule has 9 nitrogen and oxygen atoms in total. The number of rotatable bonds is 16. The molecule has 2 unspecified atom stereocenters. The van der Waals surface area contributed by atoms with Crippen LogP contribution in [-0.2, 0) is 0 Å². The van der Waals surface area contributed by atoms with Crippen molar-refractivity contribution in [2.45, 2.75) is 83.1 Å². The Kier molecular flexibility index (Phi) is 15.3. The molecule has 0 aliphatic rings. The van der Waals surface area contributed by atoms with Crippen molar-refractivity contribution >= 4 is 26.7 Å². The molecule has 10 heteroatoms. The van der Waals surface area contributed by atoms with Gasteiger partial charge in [0.25, 0.3) is 0 Å². The number of hydrogen-bond donors (Lipinski definition) is 6. The Labute approximate surface area is 164 Å². The maximum Gasteiger partial charge on any atom is 0.315 e. The monoisotopic (exact) mass is 405 g/mol. The Morgan fingerprint density at radius 3 is 1.52 bits per heavy atom. The summed E-state index contributed by atoms with van der Waals surface area (Å²) < 4.78 is 0. The van der Waals surface area contributed by atoms with Crippen LogP contribution in [0.15, 0.2) is 0 Å². The van der Waals surface area contributed by atoms with Crippen molar-refractivity contribution in [2.75, 3.05) is 6.16 Å². The van der Waals surface area contributed by atoms with Gasteiger partial charge in [-0.3, -0.25) is 0 Å². The number of hydrogen-bond acceptors (Lipinski definition) is 3. The van der Waals surface area contributed by atoms with Crippen molar-refractivity contribution in [3.05, 3.63) is 0 Å². The topological polar surface area (TPSA) is 165 Å². The molecule has 9 N–H and O–H groups in total. The molecule has 0 spiro atoms. The van der Waals surface area contributed by atoms with Crippen molar-refractivity contribution in [1.29, 1.82) is 0 Å². The van der Waals surface area contributed by atoms with Crippen LogP contribution in [0.1, 0.15) is 71.1 Å². The van der Waals surface area contributed by atoms with E-state index in [1.807, 2.05) is 0 Å². The van der Waals surface area contributed by atoms with Gasteiger partial charge in [0.15, 0.2) is 11.9 Å². The van der Waals surface area contributed by atoms with E-state index in [0.717, 1.165) is 19.0 Å². The van der Waals surface area contributed by atoms with Crippen LogP contribution in [0.25, 0.3) is 0 Å². The third kappa shape index (κ3) is 16.2. The van der Waals surface area contributed by atoms with Gasteiger partial charge < -0.3 is 33.2 Å². The largest absolute Gasteiger partial charge is 0.352 e. The summed E-state index contributed by atoms with van der Waals surface area (Å²) in [4.78, 5) is 33.5. The first-order valence-electron chi connectivity index (χ1n) is 9.88. The molecule has 0 saturated carbocycles. The lowest BCUT2D eigenvalue weighted by molar-refractivity contribution is 0.228. The van der Waals surface area contributed by atoms with Crippen LogP contribution in [0.5, 0.6) is 0 Å². The van der Waals surface area contributed by atoms with Crippen LogP contribution in [0, 0.1) is 0 Å². The third-order valence-corrected chi connectivity index (χ3v) is 6.04. The zero-order chi connectivity index (χ0) is 20.5. The summed E-state index contributed by atoms with van der Waals surface area (Å²) in [7, 11) is -0.301. The van der Waals surface area contributed by atoms with E-state index in [9.17, 15) is 14.4 Å². The van der Waals surface area contributed by atoms with Gasteiger partial charge in [-0.1, -0.05) is 58.3 Å². The quantitative estimate of drug-likeness (QED) is 0.131. The van der Waals surface area contributed by atoms with E-state index in [1.165, 1.54) is 51.4 Å². The molecule has 0 radical (unpaired) electrons. The number of unbranched alkanes of at least 4 members (excludes halogenated alkanes) is 9. The van der Waals surface area contributed by atoms with Crippen molar-refractivity contribution in [1.82, 2.24) is 16.0 Å². The molecular weight excluding hydrogens is 367 g/mol. The highest BCUT2D eigenvalue weighted by molar-refractivity contribution is 7.38. The molecule has 0 fully saturated rings. The Morgan fingerprint density at radius 1 is 0.704 bits per heavy atom. The van der Waals surface area contributed by atoms with E-state index in [0.29, 0.717) is 0 Å². The SMILES string of the molecule is CCCCCCCCCCCC[PH2+]C(NC(N)=O)C(NC(N)=O)NC(N)=O. The van der Waals surface area contributed by atoms with Crippen LogP contribution in [0.3, 0.4) is 0 Å². The number of carbonyl (C=O) groups is 3. The number of urea groups is 3. The number of primary amides is 3. The van der Waals surface area contributed by atoms with E-state index in [-0.39, 0.29) is 8.58 Å². The highest BCUT2D eigenvalue weighted by Crippen LogP contribution is 2.22. The Bertz CT molecular complexity index is 423. The predicted molar refractivity (Wildman–Crippen MR) is 112 cm³/mol. The van der Waals surface area contributed by atoms with Crippen molar-refractivity contribution in [3.8, 4) is 0 Å². The summed E-state index contributed by atoms with van der Waals surface area (Å²) in [5.41, 5.74) is 15.4. The van der Waals surface area contributed by atoms with Gasteiger partial charge >= 0.3 is 18.1 Å². The van der Waals surface area contributed by atoms with E-state index in [1.54, 1.807) is 0 Å². The zero-order valence-electron chi connectivity index (χ0n) is 16.5. The summed E-state index contributed by atoms with van der Waals surface area (Å²) in [5.74, 6) is -0.499. The van der Waals surface area contributed by atoms with Crippen molar-refractivity contribution in [3.63, 3.8) is 0 Å². The van der Waals surface area contributed by atoms with Gasteiger partial charge in [-0.2, -0.15) is 0 Å².